The Balaban J connectivity index is 2.09. The van der Waals surface area contributed by atoms with E-state index in [2.05, 4.69) is 9.88 Å². The van der Waals surface area contributed by atoms with E-state index >= 15 is 0 Å². The number of aromatic nitrogens is 1. The van der Waals surface area contributed by atoms with Gasteiger partial charge in [0.25, 0.3) is 0 Å². The lowest BCUT2D eigenvalue weighted by Gasteiger charge is -2.17. The van der Waals surface area contributed by atoms with Crippen LogP contribution in [-0.4, -0.2) is 27.8 Å². The number of benzene rings is 1. The molecule has 0 aliphatic rings. The summed E-state index contributed by atoms with van der Waals surface area (Å²) in [5.41, 5.74) is 2.54. The molecule has 0 fully saturated rings. The van der Waals surface area contributed by atoms with Gasteiger partial charge < -0.3 is 5.11 Å². The molecule has 0 radical (unpaired) electrons. The first-order valence-electron chi connectivity index (χ1n) is 6.46. The van der Waals surface area contributed by atoms with Crippen LogP contribution in [-0.2, 0) is 13.1 Å². The maximum absolute atomic E-state index is 11.4. The molecule has 0 atom stereocenters. The molecule has 104 valence electrons. The Kier molecular flexibility index (Phi) is 4.48. The first kappa shape index (κ1) is 14.2. The topological polar surface area (TPSA) is 53.4 Å². The van der Waals surface area contributed by atoms with Crippen molar-refractivity contribution in [2.75, 3.05) is 7.05 Å². The maximum atomic E-state index is 11.4. The highest BCUT2D eigenvalue weighted by atomic mass is 16.3. The average Bonchev–Trinajstić information content (AvgIpc) is 2.42. The number of pyridine rings is 1. The molecule has 1 N–H and O–H groups in total. The molecular weight excluding hydrogens is 252 g/mol. The van der Waals surface area contributed by atoms with Crippen LogP contribution in [0.25, 0.3) is 0 Å². The van der Waals surface area contributed by atoms with Crippen LogP contribution in [0.15, 0.2) is 42.7 Å². The van der Waals surface area contributed by atoms with Gasteiger partial charge in [0.2, 0.25) is 0 Å². The Morgan fingerprint density at radius 3 is 2.55 bits per heavy atom. The van der Waals surface area contributed by atoms with E-state index in [1.807, 2.05) is 19.2 Å². The molecule has 1 aromatic carbocycles. The Morgan fingerprint density at radius 2 is 1.90 bits per heavy atom. The van der Waals surface area contributed by atoms with Crippen molar-refractivity contribution in [1.82, 2.24) is 9.88 Å². The van der Waals surface area contributed by atoms with Crippen molar-refractivity contribution in [1.29, 1.82) is 0 Å². The quantitative estimate of drug-likeness (QED) is 0.849. The first-order chi connectivity index (χ1) is 9.56. The van der Waals surface area contributed by atoms with E-state index in [0.29, 0.717) is 12.1 Å². The zero-order valence-corrected chi connectivity index (χ0v) is 11.7. The van der Waals surface area contributed by atoms with Gasteiger partial charge in [-0.05, 0) is 49.9 Å². The lowest BCUT2D eigenvalue weighted by atomic mass is 10.1. The van der Waals surface area contributed by atoms with E-state index in [-0.39, 0.29) is 11.5 Å². The predicted molar refractivity (Wildman–Crippen MR) is 77.5 cm³/mol. The van der Waals surface area contributed by atoms with Crippen molar-refractivity contribution in [2.24, 2.45) is 0 Å². The maximum Gasteiger partial charge on any atom is 0.159 e. The molecule has 0 saturated carbocycles. The van der Waals surface area contributed by atoms with Crippen LogP contribution in [0.1, 0.15) is 28.4 Å². The molecule has 0 saturated heterocycles. The van der Waals surface area contributed by atoms with Crippen LogP contribution in [0.4, 0.5) is 0 Å². The standard InChI is InChI=1S/C16H18N2O2/c1-12(19)14-3-4-16(20)15(9-14)11-18(2)10-13-5-7-17-8-6-13/h3-9,20H,10-11H2,1-2H3. The van der Waals surface area contributed by atoms with Crippen molar-refractivity contribution in [2.45, 2.75) is 20.0 Å². The molecule has 0 unspecified atom stereocenters. The fourth-order valence-corrected chi connectivity index (χ4v) is 2.08. The summed E-state index contributed by atoms with van der Waals surface area (Å²) in [6.07, 6.45) is 3.52. The van der Waals surface area contributed by atoms with Crippen LogP contribution >= 0.6 is 0 Å². The number of aromatic hydroxyl groups is 1. The van der Waals surface area contributed by atoms with Crippen LogP contribution in [0.2, 0.25) is 0 Å². The van der Waals surface area contributed by atoms with Crippen LogP contribution in [0.3, 0.4) is 0 Å². The highest BCUT2D eigenvalue weighted by Gasteiger charge is 2.09. The minimum Gasteiger partial charge on any atom is -0.508 e. The minimum atomic E-state index is 0.00281. The summed E-state index contributed by atoms with van der Waals surface area (Å²) in [7, 11) is 1.97. The van der Waals surface area contributed by atoms with E-state index in [1.165, 1.54) is 6.92 Å². The van der Waals surface area contributed by atoms with Crippen LogP contribution in [0, 0.1) is 0 Å². The van der Waals surface area contributed by atoms with Gasteiger partial charge in [0, 0.05) is 36.6 Å². The molecule has 0 amide bonds. The third kappa shape index (κ3) is 3.65. The Bertz CT molecular complexity index is 597. The second-order valence-electron chi connectivity index (χ2n) is 4.93. The summed E-state index contributed by atoms with van der Waals surface area (Å²) in [5.74, 6) is 0.222. The van der Waals surface area contributed by atoms with Gasteiger partial charge in [0.15, 0.2) is 5.78 Å². The van der Waals surface area contributed by atoms with Gasteiger partial charge in [-0.3, -0.25) is 14.7 Å². The zero-order chi connectivity index (χ0) is 14.5. The Morgan fingerprint density at radius 1 is 1.20 bits per heavy atom. The molecule has 2 rings (SSSR count). The van der Waals surface area contributed by atoms with Gasteiger partial charge in [-0.25, -0.2) is 0 Å². The van der Waals surface area contributed by atoms with Crippen molar-refractivity contribution in [3.63, 3.8) is 0 Å². The fourth-order valence-electron chi connectivity index (χ4n) is 2.08. The first-order valence-corrected chi connectivity index (χ1v) is 6.46. The molecule has 2 aromatic rings. The summed E-state index contributed by atoms with van der Waals surface area (Å²) in [6.45, 7) is 2.86. The number of hydrogen-bond acceptors (Lipinski definition) is 4. The number of nitrogens with zero attached hydrogens (tertiary/aromatic N) is 2. The predicted octanol–water partition coefficient (Wildman–Crippen LogP) is 2.62. The minimum absolute atomic E-state index is 0.00281. The van der Waals surface area contributed by atoms with Gasteiger partial charge in [-0.15, -0.1) is 0 Å². The normalized spacial score (nSPS) is 10.8. The number of ketones is 1. The number of rotatable bonds is 5. The Hall–Kier alpha value is -2.20. The molecular formula is C16H18N2O2. The molecule has 0 bridgehead atoms. The van der Waals surface area contributed by atoms with Gasteiger partial charge >= 0.3 is 0 Å². The fraction of sp³-hybridized carbons (Fsp3) is 0.250. The largest absolute Gasteiger partial charge is 0.508 e. The molecule has 1 aromatic heterocycles. The molecule has 0 aliphatic heterocycles. The van der Waals surface area contributed by atoms with Crippen molar-refractivity contribution < 1.29 is 9.90 Å². The van der Waals surface area contributed by atoms with Crippen LogP contribution in [0.5, 0.6) is 5.75 Å². The number of carbonyl (C=O) groups is 1. The van der Waals surface area contributed by atoms with E-state index in [9.17, 15) is 9.90 Å². The second-order valence-corrected chi connectivity index (χ2v) is 4.93. The summed E-state index contributed by atoms with van der Waals surface area (Å²) >= 11 is 0. The molecule has 0 spiro atoms. The number of hydrogen-bond donors (Lipinski definition) is 1. The van der Waals surface area contributed by atoms with Crippen LogP contribution < -0.4 is 0 Å². The number of phenols is 1. The molecule has 1 heterocycles. The summed E-state index contributed by atoms with van der Waals surface area (Å²) in [5, 5.41) is 9.88. The summed E-state index contributed by atoms with van der Waals surface area (Å²) < 4.78 is 0. The molecule has 20 heavy (non-hydrogen) atoms. The molecule has 4 nitrogen and oxygen atoms in total. The van der Waals surface area contributed by atoms with Gasteiger partial charge in [-0.2, -0.15) is 0 Å². The van der Waals surface area contributed by atoms with E-state index in [0.717, 1.165) is 17.7 Å². The van der Waals surface area contributed by atoms with Gasteiger partial charge in [0.1, 0.15) is 5.75 Å². The molecule has 4 heteroatoms. The summed E-state index contributed by atoms with van der Waals surface area (Å²) in [4.78, 5) is 17.4. The smallest absolute Gasteiger partial charge is 0.159 e. The van der Waals surface area contributed by atoms with Gasteiger partial charge in [-0.1, -0.05) is 0 Å². The highest BCUT2D eigenvalue weighted by molar-refractivity contribution is 5.94. The van der Waals surface area contributed by atoms with E-state index < -0.39 is 0 Å². The number of carbonyl (C=O) groups excluding carboxylic acids is 1. The number of Topliss-reactive ketones (excluding diaryl/α,β-unsaturated/α-hetero) is 1. The highest BCUT2D eigenvalue weighted by Crippen LogP contribution is 2.21. The zero-order valence-electron chi connectivity index (χ0n) is 11.7. The lowest BCUT2D eigenvalue weighted by molar-refractivity contribution is 0.101. The second kappa shape index (κ2) is 6.30. The number of phenolic OH excluding ortho intramolecular Hbond substituents is 1. The SMILES string of the molecule is CC(=O)c1ccc(O)c(CN(C)Cc2ccncc2)c1. The average molecular weight is 270 g/mol. The third-order valence-corrected chi connectivity index (χ3v) is 3.13. The van der Waals surface area contributed by atoms with Crippen molar-refractivity contribution >= 4 is 5.78 Å². The monoisotopic (exact) mass is 270 g/mol. The third-order valence-electron chi connectivity index (χ3n) is 3.13. The molecule has 0 aliphatic carbocycles. The van der Waals surface area contributed by atoms with E-state index in [4.69, 9.17) is 0 Å². The lowest BCUT2D eigenvalue weighted by Crippen LogP contribution is -2.17. The van der Waals surface area contributed by atoms with Crippen molar-refractivity contribution in [3.05, 3.63) is 59.4 Å². The Labute approximate surface area is 118 Å². The summed E-state index contributed by atoms with van der Waals surface area (Å²) in [6, 6.07) is 8.89. The van der Waals surface area contributed by atoms with Crippen molar-refractivity contribution in [3.8, 4) is 5.75 Å². The van der Waals surface area contributed by atoms with E-state index in [1.54, 1.807) is 30.6 Å². The van der Waals surface area contributed by atoms with Gasteiger partial charge in [0.05, 0.1) is 0 Å².